The highest BCUT2D eigenvalue weighted by Gasteiger charge is 2.40. The monoisotopic (exact) mass is 425 g/mol. The summed E-state index contributed by atoms with van der Waals surface area (Å²) in [5, 5.41) is 7.62. The van der Waals surface area contributed by atoms with Crippen LogP contribution in [0.2, 0.25) is 0 Å². The van der Waals surface area contributed by atoms with Crippen molar-refractivity contribution in [2.24, 2.45) is 13.0 Å². The fourth-order valence-electron chi connectivity index (χ4n) is 5.11. The van der Waals surface area contributed by atoms with Gasteiger partial charge in [0.05, 0.1) is 11.3 Å². The average molecular weight is 426 g/mol. The highest BCUT2D eigenvalue weighted by Crippen LogP contribution is 2.39. The molecule has 1 spiro atoms. The van der Waals surface area contributed by atoms with Crippen LogP contribution >= 0.6 is 0 Å². The van der Waals surface area contributed by atoms with Gasteiger partial charge in [-0.05, 0) is 64.0 Å². The Bertz CT molecular complexity index is 887. The average Bonchev–Trinajstić information content (AvgIpc) is 3.02. The standard InChI is InChI=1S/C24H35N5O2/c1-18-22(19(2)28(3)27-18)17-29-13-8-24(9-14-29)16-20(7-15-31-24)4-12-26-23(30)21-5-10-25-11-6-21/h5-6,10-11,20H,4,7-9,12-17H2,1-3H3,(H,26,30). The van der Waals surface area contributed by atoms with Gasteiger partial charge in [0, 0.05) is 69.0 Å². The number of aromatic nitrogens is 3. The summed E-state index contributed by atoms with van der Waals surface area (Å²) in [4.78, 5) is 18.8. The molecule has 2 aliphatic rings. The van der Waals surface area contributed by atoms with Gasteiger partial charge in [0.25, 0.3) is 5.91 Å². The first-order chi connectivity index (χ1) is 15.0. The molecule has 1 N–H and O–H groups in total. The Balaban J connectivity index is 1.24. The number of pyridine rings is 1. The van der Waals surface area contributed by atoms with Crippen molar-refractivity contribution in [1.29, 1.82) is 0 Å². The lowest BCUT2D eigenvalue weighted by molar-refractivity contribution is -0.128. The molecule has 4 rings (SSSR count). The van der Waals surface area contributed by atoms with Crippen LogP contribution in [0, 0.1) is 19.8 Å². The van der Waals surface area contributed by atoms with Crippen LogP contribution < -0.4 is 5.32 Å². The van der Waals surface area contributed by atoms with Crippen molar-refractivity contribution in [1.82, 2.24) is 25.0 Å². The van der Waals surface area contributed by atoms with Crippen LogP contribution in [0.3, 0.4) is 0 Å². The van der Waals surface area contributed by atoms with E-state index in [4.69, 9.17) is 4.74 Å². The summed E-state index contributed by atoms with van der Waals surface area (Å²) >= 11 is 0. The second-order valence-electron chi connectivity index (χ2n) is 9.22. The second-order valence-corrected chi connectivity index (χ2v) is 9.22. The normalized spacial score (nSPS) is 21.3. The van der Waals surface area contributed by atoms with E-state index in [0.29, 0.717) is 18.0 Å². The van der Waals surface area contributed by atoms with E-state index >= 15 is 0 Å². The Morgan fingerprint density at radius 3 is 2.68 bits per heavy atom. The van der Waals surface area contributed by atoms with Gasteiger partial charge in [0.1, 0.15) is 0 Å². The van der Waals surface area contributed by atoms with E-state index in [1.165, 1.54) is 11.3 Å². The first-order valence-electron chi connectivity index (χ1n) is 11.5. The number of likely N-dealkylation sites (tertiary alicyclic amines) is 1. The molecule has 0 bridgehead atoms. The number of carbonyl (C=O) groups is 1. The largest absolute Gasteiger partial charge is 0.375 e. The van der Waals surface area contributed by atoms with E-state index in [0.717, 1.165) is 64.0 Å². The third-order valence-electron chi connectivity index (χ3n) is 7.18. The van der Waals surface area contributed by atoms with Gasteiger partial charge in [0.2, 0.25) is 0 Å². The molecular weight excluding hydrogens is 390 g/mol. The van der Waals surface area contributed by atoms with Crippen molar-refractivity contribution in [3.63, 3.8) is 0 Å². The number of rotatable bonds is 6. The Hall–Kier alpha value is -2.25. The summed E-state index contributed by atoms with van der Waals surface area (Å²) < 4.78 is 8.33. The fourth-order valence-corrected chi connectivity index (χ4v) is 5.11. The summed E-state index contributed by atoms with van der Waals surface area (Å²) in [7, 11) is 2.02. The molecule has 0 aromatic carbocycles. The van der Waals surface area contributed by atoms with E-state index in [-0.39, 0.29) is 11.5 Å². The molecule has 7 heteroatoms. The van der Waals surface area contributed by atoms with Gasteiger partial charge in [-0.15, -0.1) is 0 Å². The molecular formula is C24H35N5O2. The second kappa shape index (κ2) is 9.49. The molecule has 2 aromatic rings. The smallest absolute Gasteiger partial charge is 0.251 e. The third kappa shape index (κ3) is 5.15. The van der Waals surface area contributed by atoms with E-state index < -0.39 is 0 Å². The van der Waals surface area contributed by atoms with E-state index in [1.807, 2.05) is 11.7 Å². The van der Waals surface area contributed by atoms with Gasteiger partial charge in [-0.25, -0.2) is 0 Å². The first kappa shape index (κ1) is 22.0. The summed E-state index contributed by atoms with van der Waals surface area (Å²) in [6.45, 7) is 8.93. The van der Waals surface area contributed by atoms with Crippen LogP contribution in [0.25, 0.3) is 0 Å². The minimum Gasteiger partial charge on any atom is -0.375 e. The molecule has 2 aliphatic heterocycles. The van der Waals surface area contributed by atoms with Crippen LogP contribution in [-0.4, -0.2) is 57.4 Å². The van der Waals surface area contributed by atoms with E-state index in [9.17, 15) is 4.79 Å². The van der Waals surface area contributed by atoms with Crippen molar-refractivity contribution < 1.29 is 9.53 Å². The highest BCUT2D eigenvalue weighted by atomic mass is 16.5. The van der Waals surface area contributed by atoms with Gasteiger partial charge in [0.15, 0.2) is 0 Å². The van der Waals surface area contributed by atoms with Gasteiger partial charge < -0.3 is 10.1 Å². The minimum absolute atomic E-state index is 0.0153. The van der Waals surface area contributed by atoms with Crippen LogP contribution in [-0.2, 0) is 18.3 Å². The maximum Gasteiger partial charge on any atom is 0.251 e. The Kier molecular flexibility index (Phi) is 6.72. The summed E-state index contributed by atoms with van der Waals surface area (Å²) in [5.74, 6) is 0.597. The zero-order chi connectivity index (χ0) is 21.8. The molecule has 2 aromatic heterocycles. The predicted octanol–water partition coefficient (Wildman–Crippen LogP) is 3.01. The van der Waals surface area contributed by atoms with Crippen LogP contribution in [0.5, 0.6) is 0 Å². The lowest BCUT2D eigenvalue weighted by Crippen LogP contribution is -2.49. The molecule has 31 heavy (non-hydrogen) atoms. The van der Waals surface area contributed by atoms with Gasteiger partial charge >= 0.3 is 0 Å². The van der Waals surface area contributed by atoms with E-state index in [2.05, 4.69) is 34.1 Å². The lowest BCUT2D eigenvalue weighted by atomic mass is 9.78. The number of nitrogens with zero attached hydrogens (tertiary/aromatic N) is 4. The molecule has 0 aliphatic carbocycles. The number of hydrogen-bond donors (Lipinski definition) is 1. The number of piperidine rings is 1. The molecule has 7 nitrogen and oxygen atoms in total. The molecule has 0 radical (unpaired) electrons. The Morgan fingerprint density at radius 2 is 2.00 bits per heavy atom. The van der Waals surface area contributed by atoms with Crippen molar-refractivity contribution >= 4 is 5.91 Å². The Morgan fingerprint density at radius 1 is 1.26 bits per heavy atom. The van der Waals surface area contributed by atoms with Gasteiger partial charge in [-0.2, -0.15) is 5.10 Å². The number of hydrogen-bond acceptors (Lipinski definition) is 5. The third-order valence-corrected chi connectivity index (χ3v) is 7.18. The maximum absolute atomic E-state index is 12.2. The van der Waals surface area contributed by atoms with Crippen LogP contribution in [0.4, 0.5) is 0 Å². The molecule has 2 fully saturated rings. The minimum atomic E-state index is -0.0153. The van der Waals surface area contributed by atoms with Crippen LogP contribution in [0.15, 0.2) is 24.5 Å². The zero-order valence-electron chi connectivity index (χ0n) is 19.1. The molecule has 168 valence electrons. The summed E-state index contributed by atoms with van der Waals surface area (Å²) in [6, 6.07) is 3.50. The molecule has 1 unspecified atom stereocenters. The zero-order valence-corrected chi connectivity index (χ0v) is 19.1. The topological polar surface area (TPSA) is 72.3 Å². The fraction of sp³-hybridized carbons (Fsp3) is 0.625. The van der Waals surface area contributed by atoms with Crippen molar-refractivity contribution in [3.8, 4) is 0 Å². The van der Waals surface area contributed by atoms with Gasteiger partial charge in [-0.1, -0.05) is 0 Å². The number of carbonyl (C=O) groups excluding carboxylic acids is 1. The van der Waals surface area contributed by atoms with Crippen molar-refractivity contribution in [2.45, 2.75) is 58.1 Å². The molecule has 4 heterocycles. The first-order valence-corrected chi connectivity index (χ1v) is 11.5. The van der Waals surface area contributed by atoms with Crippen molar-refractivity contribution in [2.75, 3.05) is 26.2 Å². The highest BCUT2D eigenvalue weighted by molar-refractivity contribution is 5.93. The number of aryl methyl sites for hydroxylation is 2. The molecule has 2 saturated heterocycles. The number of nitrogens with one attached hydrogen (secondary N) is 1. The SMILES string of the molecule is Cc1nn(C)c(C)c1CN1CCC2(CC1)CC(CCNC(=O)c1ccncc1)CCO2. The quantitative estimate of drug-likeness (QED) is 0.770. The molecule has 1 amide bonds. The van der Waals surface area contributed by atoms with Crippen molar-refractivity contribution in [3.05, 3.63) is 47.0 Å². The number of amides is 1. The maximum atomic E-state index is 12.2. The molecule has 1 atom stereocenters. The summed E-state index contributed by atoms with van der Waals surface area (Å²) in [5.41, 5.74) is 4.47. The lowest BCUT2D eigenvalue weighted by Gasteiger charge is -2.46. The molecule has 0 saturated carbocycles. The van der Waals surface area contributed by atoms with E-state index in [1.54, 1.807) is 24.5 Å². The number of ether oxygens (including phenoxy) is 1. The van der Waals surface area contributed by atoms with Crippen LogP contribution in [0.1, 0.15) is 59.4 Å². The van der Waals surface area contributed by atoms with Gasteiger partial charge in [-0.3, -0.25) is 19.4 Å². The summed E-state index contributed by atoms with van der Waals surface area (Å²) in [6.07, 6.45) is 8.69. The predicted molar refractivity (Wildman–Crippen MR) is 120 cm³/mol. The Labute approximate surface area is 185 Å².